The first-order valence-corrected chi connectivity index (χ1v) is 3.66. The predicted molar refractivity (Wildman–Crippen MR) is 41.4 cm³/mol. The van der Waals surface area contributed by atoms with Crippen LogP contribution in [0, 0.1) is 0 Å². The van der Waals surface area contributed by atoms with Gasteiger partial charge in [0.15, 0.2) is 0 Å². The minimum atomic E-state index is -1.07. The first kappa shape index (κ1) is 8.59. The molecule has 0 fully saturated rings. The van der Waals surface area contributed by atoms with Crippen LogP contribution in [0.1, 0.15) is 12.0 Å². The number of benzene rings is 1. The molecule has 12 heavy (non-hydrogen) atoms. The van der Waals surface area contributed by atoms with Gasteiger partial charge in [-0.25, -0.2) is 0 Å². The van der Waals surface area contributed by atoms with Crippen LogP contribution in [0.25, 0.3) is 0 Å². The Kier molecular flexibility index (Phi) is 2.69. The molecule has 0 aliphatic rings. The highest BCUT2D eigenvalue weighted by Crippen LogP contribution is 2.11. The topological polar surface area (TPSA) is 60.4 Å². The number of carboxylic acids is 1. The quantitative estimate of drug-likeness (QED) is 0.689. The van der Waals surface area contributed by atoms with Gasteiger partial charge in [0.25, 0.3) is 0 Å². The molecule has 1 N–H and O–H groups in total. The fraction of sp³-hybridized carbons (Fsp3) is 0.222. The average Bonchev–Trinajstić information content (AvgIpc) is 2.01. The second kappa shape index (κ2) is 3.76. The molecule has 0 bridgehead atoms. The second-order valence-electron chi connectivity index (χ2n) is 2.54. The summed E-state index contributed by atoms with van der Waals surface area (Å²) in [6.45, 7) is 0. The molecule has 0 spiro atoms. The van der Waals surface area contributed by atoms with Gasteiger partial charge in [-0.05, 0) is 30.5 Å². The van der Waals surface area contributed by atoms with Crippen LogP contribution in [0.4, 0.5) is 0 Å². The molecule has 1 aromatic carbocycles. The van der Waals surface area contributed by atoms with Crippen molar-refractivity contribution in [2.75, 3.05) is 0 Å². The Morgan fingerprint density at radius 3 is 2.83 bits per heavy atom. The molecular formula is C9H9O3-. The Balaban J connectivity index is 2.57. The minimum Gasteiger partial charge on any atom is -0.550 e. The molecule has 0 atom stereocenters. The summed E-state index contributed by atoms with van der Waals surface area (Å²) in [5.41, 5.74) is 0.805. The van der Waals surface area contributed by atoms with Gasteiger partial charge in [0.05, 0.1) is 0 Å². The zero-order valence-corrected chi connectivity index (χ0v) is 6.49. The van der Waals surface area contributed by atoms with E-state index in [4.69, 9.17) is 5.11 Å². The van der Waals surface area contributed by atoms with Crippen LogP contribution in [-0.2, 0) is 11.2 Å². The highest BCUT2D eigenvalue weighted by molar-refractivity contribution is 5.64. The normalized spacial score (nSPS) is 9.67. The van der Waals surface area contributed by atoms with Crippen molar-refractivity contribution < 1.29 is 15.0 Å². The van der Waals surface area contributed by atoms with Gasteiger partial charge in [-0.2, -0.15) is 0 Å². The molecule has 3 heteroatoms. The summed E-state index contributed by atoms with van der Waals surface area (Å²) in [6.07, 6.45) is 0.389. The van der Waals surface area contributed by atoms with Gasteiger partial charge in [0, 0.05) is 5.97 Å². The molecule has 0 heterocycles. The van der Waals surface area contributed by atoms with Gasteiger partial charge in [-0.3, -0.25) is 0 Å². The molecule has 3 nitrogen and oxygen atoms in total. The molecule has 0 saturated heterocycles. The lowest BCUT2D eigenvalue weighted by Gasteiger charge is -2.02. The largest absolute Gasteiger partial charge is 0.550 e. The fourth-order valence-corrected chi connectivity index (χ4v) is 0.958. The summed E-state index contributed by atoms with van der Waals surface area (Å²) in [5, 5.41) is 19.1. The lowest BCUT2D eigenvalue weighted by atomic mass is 10.1. The van der Waals surface area contributed by atoms with Crippen molar-refractivity contribution in [2.45, 2.75) is 12.8 Å². The Bertz CT molecular complexity index is 281. The second-order valence-corrected chi connectivity index (χ2v) is 2.54. The van der Waals surface area contributed by atoms with E-state index in [1.165, 1.54) is 0 Å². The van der Waals surface area contributed by atoms with Crippen LogP contribution < -0.4 is 5.11 Å². The molecule has 0 aromatic heterocycles. The number of aromatic hydroxyl groups is 1. The Hall–Kier alpha value is -1.51. The fourth-order valence-electron chi connectivity index (χ4n) is 0.958. The monoisotopic (exact) mass is 165 g/mol. The van der Waals surface area contributed by atoms with E-state index in [2.05, 4.69) is 0 Å². The predicted octanol–water partition coefficient (Wildman–Crippen LogP) is 0.0747. The maximum atomic E-state index is 10.1. The van der Waals surface area contributed by atoms with E-state index < -0.39 is 5.97 Å². The third-order valence-corrected chi connectivity index (χ3v) is 1.53. The van der Waals surface area contributed by atoms with E-state index in [1.807, 2.05) is 0 Å². The molecule has 0 unspecified atom stereocenters. The smallest absolute Gasteiger partial charge is 0.115 e. The van der Waals surface area contributed by atoms with Gasteiger partial charge in [0.1, 0.15) is 5.75 Å². The number of carbonyl (C=O) groups is 1. The maximum Gasteiger partial charge on any atom is 0.115 e. The zero-order chi connectivity index (χ0) is 8.97. The maximum absolute atomic E-state index is 10.1. The Labute approximate surface area is 70.3 Å². The summed E-state index contributed by atoms with van der Waals surface area (Å²) in [5.74, 6) is -0.913. The van der Waals surface area contributed by atoms with Crippen LogP contribution in [0.5, 0.6) is 5.75 Å². The van der Waals surface area contributed by atoms with Crippen molar-refractivity contribution >= 4 is 5.97 Å². The zero-order valence-electron chi connectivity index (χ0n) is 6.49. The molecule has 0 amide bonds. The van der Waals surface area contributed by atoms with Crippen molar-refractivity contribution in [1.82, 2.24) is 0 Å². The van der Waals surface area contributed by atoms with Crippen molar-refractivity contribution in [3.05, 3.63) is 29.8 Å². The summed E-state index contributed by atoms with van der Waals surface area (Å²) in [7, 11) is 0. The Morgan fingerprint density at radius 2 is 2.25 bits per heavy atom. The Morgan fingerprint density at radius 1 is 1.50 bits per heavy atom. The minimum absolute atomic E-state index is 0.0105. The van der Waals surface area contributed by atoms with Crippen LogP contribution in [0.3, 0.4) is 0 Å². The standard InChI is InChI=1S/C9H10O3/c10-8-3-1-2-7(6-8)4-5-9(11)12/h1-3,6,10H,4-5H2,(H,11,12)/p-1. The van der Waals surface area contributed by atoms with E-state index in [1.54, 1.807) is 24.3 Å². The SMILES string of the molecule is O=C([O-])CCc1cccc(O)c1. The summed E-state index contributed by atoms with van der Waals surface area (Å²) < 4.78 is 0. The van der Waals surface area contributed by atoms with Gasteiger partial charge < -0.3 is 15.0 Å². The molecule has 1 rings (SSSR count). The molecule has 0 saturated carbocycles. The number of aryl methyl sites for hydroxylation is 1. The van der Waals surface area contributed by atoms with E-state index >= 15 is 0 Å². The van der Waals surface area contributed by atoms with Crippen LogP contribution >= 0.6 is 0 Å². The lowest BCUT2D eigenvalue weighted by molar-refractivity contribution is -0.305. The van der Waals surface area contributed by atoms with E-state index in [9.17, 15) is 9.90 Å². The van der Waals surface area contributed by atoms with E-state index in [0.29, 0.717) is 6.42 Å². The summed E-state index contributed by atoms with van der Waals surface area (Å²) in [4.78, 5) is 10.1. The number of carbonyl (C=O) groups excluding carboxylic acids is 1. The number of phenolic OH excluding ortho intramolecular Hbond substituents is 1. The number of carboxylic acid groups (broad SMARTS) is 1. The molecule has 0 aliphatic heterocycles. The molecule has 1 aromatic rings. The lowest BCUT2D eigenvalue weighted by Crippen LogP contribution is -2.22. The van der Waals surface area contributed by atoms with Gasteiger partial charge in [-0.1, -0.05) is 12.1 Å². The highest BCUT2D eigenvalue weighted by atomic mass is 16.4. The van der Waals surface area contributed by atoms with Crippen molar-refractivity contribution in [3.8, 4) is 5.75 Å². The molecule has 0 aliphatic carbocycles. The number of hydrogen-bond donors (Lipinski definition) is 1. The van der Waals surface area contributed by atoms with Gasteiger partial charge in [0.2, 0.25) is 0 Å². The molecular weight excluding hydrogens is 156 g/mol. The third kappa shape index (κ3) is 2.62. The van der Waals surface area contributed by atoms with Crippen molar-refractivity contribution in [3.63, 3.8) is 0 Å². The van der Waals surface area contributed by atoms with Crippen LogP contribution in [-0.4, -0.2) is 11.1 Å². The van der Waals surface area contributed by atoms with Crippen LogP contribution in [0.2, 0.25) is 0 Å². The number of phenols is 1. The van der Waals surface area contributed by atoms with E-state index in [0.717, 1.165) is 5.56 Å². The first-order valence-electron chi connectivity index (χ1n) is 3.66. The summed E-state index contributed by atoms with van der Waals surface area (Å²) >= 11 is 0. The number of rotatable bonds is 3. The van der Waals surface area contributed by atoms with E-state index in [-0.39, 0.29) is 12.2 Å². The number of hydrogen-bond acceptors (Lipinski definition) is 3. The van der Waals surface area contributed by atoms with Crippen LogP contribution in [0.15, 0.2) is 24.3 Å². The molecule has 0 radical (unpaired) electrons. The first-order chi connectivity index (χ1) is 5.68. The van der Waals surface area contributed by atoms with Gasteiger partial charge in [-0.15, -0.1) is 0 Å². The summed E-state index contributed by atoms with van der Waals surface area (Å²) in [6, 6.07) is 6.54. The van der Waals surface area contributed by atoms with Crippen molar-refractivity contribution in [1.29, 1.82) is 0 Å². The molecule has 64 valence electrons. The number of aliphatic carboxylic acids is 1. The average molecular weight is 165 g/mol. The third-order valence-electron chi connectivity index (χ3n) is 1.53. The van der Waals surface area contributed by atoms with Crippen molar-refractivity contribution in [2.24, 2.45) is 0 Å². The highest BCUT2D eigenvalue weighted by Gasteiger charge is 1.94. The van der Waals surface area contributed by atoms with Gasteiger partial charge >= 0.3 is 0 Å².